The quantitative estimate of drug-likeness (QED) is 0.293. The molecule has 3 fully saturated rings. The second-order valence-corrected chi connectivity index (χ2v) is 14.6. The number of aliphatic hydroxyl groups excluding tert-OH is 1. The maximum atomic E-state index is 13.7. The average molecular weight is 596 g/mol. The molecule has 4 aromatic rings. The summed E-state index contributed by atoms with van der Waals surface area (Å²) in [4.78, 5) is 18.2. The molecular formula is C35H37N3O4S. The number of para-hydroxylation sites is 2. The van der Waals surface area contributed by atoms with Crippen molar-refractivity contribution in [2.45, 2.75) is 64.1 Å². The number of carbonyl (C=O) groups excluding carboxylic acids is 1. The Bertz CT molecular complexity index is 1730. The number of allylic oxidation sites excluding steroid dienone is 1. The average Bonchev–Trinajstić information content (AvgIpc) is 3.68. The molecule has 0 saturated heterocycles. The lowest BCUT2D eigenvalue weighted by atomic mass is 9.45. The molecule has 0 amide bonds. The number of hydrogen-bond donors (Lipinski definition) is 2. The Morgan fingerprint density at radius 3 is 2.72 bits per heavy atom. The normalized spacial score (nSPS) is 34.6. The molecule has 2 N–H and O–H groups in total. The second-order valence-electron chi connectivity index (χ2n) is 13.6. The molecule has 3 saturated carbocycles. The molecule has 7 nitrogen and oxygen atoms in total. The molecule has 8 rings (SSSR count). The highest BCUT2D eigenvalue weighted by atomic mass is 32.1. The summed E-state index contributed by atoms with van der Waals surface area (Å²) in [5.41, 5.74) is 3.18. The zero-order chi connectivity index (χ0) is 29.6. The topological polar surface area (TPSA) is 97.5 Å². The van der Waals surface area contributed by atoms with Crippen LogP contribution in [0.15, 0.2) is 66.4 Å². The van der Waals surface area contributed by atoms with Crippen molar-refractivity contribution in [1.29, 1.82) is 0 Å². The summed E-state index contributed by atoms with van der Waals surface area (Å²) in [6, 6.07) is 18.0. The van der Waals surface area contributed by atoms with Crippen molar-refractivity contribution >= 4 is 33.4 Å². The first-order chi connectivity index (χ1) is 20.7. The van der Waals surface area contributed by atoms with E-state index in [1.165, 1.54) is 22.5 Å². The van der Waals surface area contributed by atoms with E-state index < -0.39 is 17.1 Å². The van der Waals surface area contributed by atoms with Gasteiger partial charge in [0.25, 0.3) is 5.19 Å². The summed E-state index contributed by atoms with van der Waals surface area (Å²) in [7, 11) is 0. The van der Waals surface area contributed by atoms with E-state index in [9.17, 15) is 15.0 Å². The fourth-order valence-corrected chi connectivity index (χ4v) is 10.4. The third kappa shape index (κ3) is 3.89. The van der Waals surface area contributed by atoms with Crippen LogP contribution in [0, 0.1) is 28.6 Å². The predicted molar refractivity (Wildman–Crippen MR) is 166 cm³/mol. The molecule has 8 heteroatoms. The molecule has 222 valence electrons. The van der Waals surface area contributed by atoms with Crippen LogP contribution in [-0.4, -0.2) is 49.1 Å². The number of aliphatic hydroxyl groups is 2. The van der Waals surface area contributed by atoms with Gasteiger partial charge in [-0.1, -0.05) is 61.1 Å². The first-order valence-electron chi connectivity index (χ1n) is 15.5. The van der Waals surface area contributed by atoms with Crippen LogP contribution in [0.4, 0.5) is 0 Å². The zero-order valence-corrected chi connectivity index (χ0v) is 25.4. The molecule has 6 unspecified atom stereocenters. The number of hydrogen-bond acceptors (Lipinski definition) is 7. The summed E-state index contributed by atoms with van der Waals surface area (Å²) >= 11 is 1.40. The van der Waals surface area contributed by atoms with Gasteiger partial charge in [-0.05, 0) is 97.6 Å². The third-order valence-electron chi connectivity index (χ3n) is 11.6. The van der Waals surface area contributed by atoms with E-state index >= 15 is 0 Å². The lowest BCUT2D eigenvalue weighted by Crippen LogP contribution is -2.62. The number of rotatable bonds is 5. The highest BCUT2D eigenvalue weighted by Gasteiger charge is 2.68. The van der Waals surface area contributed by atoms with Crippen LogP contribution in [0.2, 0.25) is 0 Å². The third-order valence-corrected chi connectivity index (χ3v) is 12.6. The van der Waals surface area contributed by atoms with Gasteiger partial charge in [-0.2, -0.15) is 5.10 Å². The minimum Gasteiger partial charge on any atom is -0.462 e. The van der Waals surface area contributed by atoms with Crippen LogP contribution in [0.3, 0.4) is 0 Å². The smallest absolute Gasteiger partial charge is 0.274 e. The van der Waals surface area contributed by atoms with Gasteiger partial charge >= 0.3 is 0 Å². The van der Waals surface area contributed by atoms with Gasteiger partial charge in [-0.3, -0.25) is 4.79 Å². The number of nitrogens with zero attached hydrogens (tertiary/aromatic N) is 3. The molecule has 0 radical (unpaired) electrons. The number of ether oxygens (including phenoxy) is 1. The van der Waals surface area contributed by atoms with Crippen molar-refractivity contribution in [3.8, 4) is 10.9 Å². The van der Waals surface area contributed by atoms with Gasteiger partial charge in [0.1, 0.15) is 5.60 Å². The van der Waals surface area contributed by atoms with Crippen LogP contribution >= 0.6 is 11.3 Å². The number of benzene rings is 2. The molecule has 43 heavy (non-hydrogen) atoms. The summed E-state index contributed by atoms with van der Waals surface area (Å²) in [5, 5.41) is 29.2. The first kappa shape index (κ1) is 27.2. The Labute approximate surface area is 255 Å². The van der Waals surface area contributed by atoms with Crippen molar-refractivity contribution in [3.63, 3.8) is 0 Å². The molecular weight excluding hydrogens is 558 g/mol. The Morgan fingerprint density at radius 2 is 1.91 bits per heavy atom. The Kier molecular flexibility index (Phi) is 6.07. The van der Waals surface area contributed by atoms with Gasteiger partial charge < -0.3 is 14.9 Å². The second kappa shape index (κ2) is 9.58. The van der Waals surface area contributed by atoms with Gasteiger partial charge in [-0.15, -0.1) is 0 Å². The SMILES string of the molecule is CC12Cc3cnn(-c4ccccc4)c3C=C1CCC1C2C(O)CC2(C)C1CC[C@]2(O)C(=O)COc1nc2ccccc2s1. The van der Waals surface area contributed by atoms with Crippen molar-refractivity contribution in [1.82, 2.24) is 14.8 Å². The lowest BCUT2D eigenvalue weighted by Gasteiger charge is -2.60. The van der Waals surface area contributed by atoms with E-state index in [-0.39, 0.29) is 35.6 Å². The van der Waals surface area contributed by atoms with Gasteiger partial charge in [0.2, 0.25) is 5.78 Å². The van der Waals surface area contributed by atoms with E-state index in [0.717, 1.165) is 47.3 Å². The molecule has 2 aromatic heterocycles. The van der Waals surface area contributed by atoms with E-state index in [0.29, 0.717) is 18.0 Å². The number of thiazole rings is 1. The minimum atomic E-state index is -1.53. The molecule has 0 aliphatic heterocycles. The van der Waals surface area contributed by atoms with Gasteiger partial charge in [0.15, 0.2) is 6.61 Å². The molecule has 2 aromatic carbocycles. The summed E-state index contributed by atoms with van der Waals surface area (Å²) in [6.07, 6.45) is 8.01. The van der Waals surface area contributed by atoms with E-state index in [4.69, 9.17) is 9.84 Å². The number of carbonyl (C=O) groups is 1. The maximum absolute atomic E-state index is 13.7. The predicted octanol–water partition coefficient (Wildman–Crippen LogP) is 6.01. The molecule has 2 heterocycles. The standard InChI is InChI=1S/C35H37N3O4S/c1-33-17-21-19-36-38(23-8-4-3-5-9-23)27(21)16-22(33)12-13-24-25-14-15-35(41,34(25,2)18-28(39)31(24)33)30(40)20-42-32-37-26-10-6-7-11-29(26)43-32/h3-11,16,19,24-25,28,31,39,41H,12-15,17-18,20H2,1-2H3/t24?,25?,28?,31?,33?,34?,35-/m0/s1. The monoisotopic (exact) mass is 595 g/mol. The van der Waals surface area contributed by atoms with Crippen molar-refractivity contribution in [2.75, 3.05) is 6.61 Å². The van der Waals surface area contributed by atoms with Crippen LogP contribution in [-0.2, 0) is 11.2 Å². The van der Waals surface area contributed by atoms with Crippen LogP contribution in [0.5, 0.6) is 5.19 Å². The van der Waals surface area contributed by atoms with Crippen LogP contribution in [0.1, 0.15) is 57.2 Å². The lowest BCUT2D eigenvalue weighted by molar-refractivity contribution is -0.180. The summed E-state index contributed by atoms with van der Waals surface area (Å²) in [5.74, 6) is 0.147. The highest BCUT2D eigenvalue weighted by molar-refractivity contribution is 7.20. The van der Waals surface area contributed by atoms with Crippen molar-refractivity contribution < 1.29 is 19.7 Å². The Hall–Kier alpha value is -3.33. The highest BCUT2D eigenvalue weighted by Crippen LogP contribution is 2.67. The zero-order valence-electron chi connectivity index (χ0n) is 24.6. The summed E-state index contributed by atoms with van der Waals surface area (Å²) in [6.45, 7) is 4.14. The molecule has 7 atom stereocenters. The van der Waals surface area contributed by atoms with Gasteiger partial charge in [-0.25, -0.2) is 9.67 Å². The Balaban J connectivity index is 1.05. The number of aromatic nitrogens is 3. The molecule has 4 aliphatic carbocycles. The van der Waals surface area contributed by atoms with E-state index in [1.54, 1.807) is 0 Å². The van der Waals surface area contributed by atoms with Crippen LogP contribution < -0.4 is 4.74 Å². The fraction of sp³-hybridized carbons (Fsp3) is 0.457. The van der Waals surface area contributed by atoms with E-state index in [1.807, 2.05) is 60.3 Å². The number of fused-ring (bicyclic) bond motifs is 7. The van der Waals surface area contributed by atoms with E-state index in [2.05, 4.69) is 30.1 Å². The Morgan fingerprint density at radius 1 is 1.12 bits per heavy atom. The molecule has 0 bridgehead atoms. The van der Waals surface area contributed by atoms with Gasteiger partial charge in [0, 0.05) is 5.41 Å². The first-order valence-corrected chi connectivity index (χ1v) is 16.3. The maximum Gasteiger partial charge on any atom is 0.274 e. The number of Topliss-reactive ketones (excluding diaryl/α,β-unsaturated/α-hetero) is 1. The minimum absolute atomic E-state index is 0.0650. The van der Waals surface area contributed by atoms with Gasteiger partial charge in [0.05, 0.1) is 33.9 Å². The molecule has 4 aliphatic rings. The van der Waals surface area contributed by atoms with Crippen molar-refractivity contribution in [2.24, 2.45) is 28.6 Å². The fourth-order valence-electron chi connectivity index (χ4n) is 9.58. The summed E-state index contributed by atoms with van der Waals surface area (Å²) < 4.78 is 8.89. The van der Waals surface area contributed by atoms with Crippen LogP contribution in [0.25, 0.3) is 22.0 Å². The van der Waals surface area contributed by atoms with Crippen molar-refractivity contribution in [3.05, 3.63) is 77.6 Å². The largest absolute Gasteiger partial charge is 0.462 e. The molecule has 0 spiro atoms. The number of ketones is 1.